The summed E-state index contributed by atoms with van der Waals surface area (Å²) in [4.78, 5) is 11.8. The molecule has 0 aliphatic carbocycles. The van der Waals surface area contributed by atoms with E-state index in [1.54, 1.807) is 37.4 Å². The van der Waals surface area contributed by atoms with Gasteiger partial charge in [0.05, 0.1) is 12.1 Å². The van der Waals surface area contributed by atoms with E-state index < -0.39 is 5.82 Å². The topological polar surface area (TPSA) is 38.3 Å². The predicted octanol–water partition coefficient (Wildman–Crippen LogP) is 4.14. The molecule has 3 nitrogen and oxygen atoms in total. The van der Waals surface area contributed by atoms with E-state index in [1.165, 1.54) is 24.3 Å². The van der Waals surface area contributed by atoms with Crippen molar-refractivity contribution in [2.75, 3.05) is 12.4 Å². The molecule has 5 heteroatoms. The highest BCUT2D eigenvalue weighted by Crippen LogP contribution is 2.20. The van der Waals surface area contributed by atoms with Crippen molar-refractivity contribution < 1.29 is 13.9 Å². The summed E-state index contributed by atoms with van der Waals surface area (Å²) in [6.07, 6.45) is 2.57. The second kappa shape index (κ2) is 6.90. The lowest BCUT2D eigenvalue weighted by atomic mass is 10.2. The number of nitrogens with one attached hydrogen (secondary N) is 1. The normalized spacial score (nSPS) is 10.6. The monoisotopic (exact) mass is 305 g/mol. The van der Waals surface area contributed by atoms with E-state index >= 15 is 0 Å². The molecule has 0 unspecified atom stereocenters. The summed E-state index contributed by atoms with van der Waals surface area (Å²) in [5.41, 5.74) is 0.767. The number of anilines is 1. The molecular formula is C16H13ClFNO2. The van der Waals surface area contributed by atoms with Crippen LogP contribution in [0.15, 0.2) is 48.5 Å². The molecule has 2 aromatic rings. The zero-order valence-electron chi connectivity index (χ0n) is 11.3. The van der Waals surface area contributed by atoms with E-state index in [-0.39, 0.29) is 16.5 Å². The van der Waals surface area contributed by atoms with Gasteiger partial charge in [0, 0.05) is 23.4 Å². The third-order valence-corrected chi connectivity index (χ3v) is 3.07. The molecule has 1 N–H and O–H groups in total. The molecule has 0 aliphatic rings. The lowest BCUT2D eigenvalue weighted by Crippen LogP contribution is -2.07. The third kappa shape index (κ3) is 4.07. The van der Waals surface area contributed by atoms with Gasteiger partial charge in [-0.2, -0.15) is 0 Å². The fraction of sp³-hybridized carbons (Fsp3) is 0.0625. The van der Waals surface area contributed by atoms with Crippen LogP contribution in [0.5, 0.6) is 5.75 Å². The van der Waals surface area contributed by atoms with Gasteiger partial charge in [0.2, 0.25) is 5.91 Å². The van der Waals surface area contributed by atoms with E-state index in [0.29, 0.717) is 11.4 Å². The zero-order chi connectivity index (χ0) is 15.2. The van der Waals surface area contributed by atoms with E-state index in [1.807, 2.05) is 0 Å². The van der Waals surface area contributed by atoms with Crippen LogP contribution in [0.1, 0.15) is 5.56 Å². The van der Waals surface area contributed by atoms with Crippen LogP contribution in [0.25, 0.3) is 6.08 Å². The number of benzene rings is 2. The maximum Gasteiger partial charge on any atom is 0.248 e. The smallest absolute Gasteiger partial charge is 0.248 e. The minimum absolute atomic E-state index is 0.181. The first-order chi connectivity index (χ1) is 10.1. The summed E-state index contributed by atoms with van der Waals surface area (Å²) in [5.74, 6) is -0.232. The number of hydrogen-bond acceptors (Lipinski definition) is 2. The van der Waals surface area contributed by atoms with Crippen molar-refractivity contribution in [3.8, 4) is 5.75 Å². The van der Waals surface area contributed by atoms with Crippen LogP contribution in [-0.2, 0) is 4.79 Å². The van der Waals surface area contributed by atoms with Gasteiger partial charge in [-0.3, -0.25) is 4.79 Å². The van der Waals surface area contributed by atoms with Crippen molar-refractivity contribution >= 4 is 29.3 Å². The first-order valence-electron chi connectivity index (χ1n) is 6.17. The van der Waals surface area contributed by atoms with Gasteiger partial charge in [0.15, 0.2) is 0 Å². The third-order valence-electron chi connectivity index (χ3n) is 2.74. The van der Waals surface area contributed by atoms with Gasteiger partial charge in [-0.1, -0.05) is 23.7 Å². The molecule has 21 heavy (non-hydrogen) atoms. The van der Waals surface area contributed by atoms with E-state index in [9.17, 15) is 9.18 Å². The molecule has 0 aromatic heterocycles. The molecule has 0 spiro atoms. The van der Waals surface area contributed by atoms with Crippen LogP contribution in [-0.4, -0.2) is 13.0 Å². The van der Waals surface area contributed by atoms with Crippen molar-refractivity contribution in [3.63, 3.8) is 0 Å². The van der Waals surface area contributed by atoms with Gasteiger partial charge in [-0.25, -0.2) is 4.39 Å². The number of amides is 1. The first-order valence-corrected chi connectivity index (χ1v) is 6.55. The van der Waals surface area contributed by atoms with Crippen LogP contribution in [0.2, 0.25) is 5.02 Å². The molecule has 0 fully saturated rings. The molecule has 2 rings (SSSR count). The molecule has 0 radical (unpaired) electrons. The highest BCUT2D eigenvalue weighted by atomic mass is 35.5. The minimum atomic E-state index is -0.479. The highest BCUT2D eigenvalue weighted by molar-refractivity contribution is 6.32. The highest BCUT2D eigenvalue weighted by Gasteiger charge is 2.04. The Bertz CT molecular complexity index is 665. The summed E-state index contributed by atoms with van der Waals surface area (Å²) < 4.78 is 18.6. The van der Waals surface area contributed by atoms with Crippen LogP contribution < -0.4 is 10.1 Å². The quantitative estimate of drug-likeness (QED) is 0.862. The van der Waals surface area contributed by atoms with Gasteiger partial charge >= 0.3 is 0 Å². The molecule has 0 aliphatic heterocycles. The molecule has 1 amide bonds. The van der Waals surface area contributed by atoms with Crippen molar-refractivity contribution in [3.05, 3.63) is 64.9 Å². The molecule has 0 saturated carbocycles. The van der Waals surface area contributed by atoms with Crippen molar-refractivity contribution in [2.24, 2.45) is 0 Å². The zero-order valence-corrected chi connectivity index (χ0v) is 12.0. The van der Waals surface area contributed by atoms with Crippen LogP contribution >= 0.6 is 11.6 Å². The Kier molecular flexibility index (Phi) is 4.95. The average Bonchev–Trinajstić information content (AvgIpc) is 2.47. The second-order valence-corrected chi connectivity index (χ2v) is 4.60. The maximum atomic E-state index is 13.5. The van der Waals surface area contributed by atoms with E-state index in [4.69, 9.17) is 16.3 Å². The molecule has 0 bridgehead atoms. The van der Waals surface area contributed by atoms with Crippen molar-refractivity contribution in [2.45, 2.75) is 0 Å². The lowest BCUT2D eigenvalue weighted by Gasteiger charge is -2.05. The summed E-state index contributed by atoms with van der Waals surface area (Å²) in [7, 11) is 1.54. The number of hydrogen-bond donors (Lipinski definition) is 1. The van der Waals surface area contributed by atoms with Crippen molar-refractivity contribution in [1.29, 1.82) is 0 Å². The Morgan fingerprint density at radius 1 is 1.29 bits per heavy atom. The van der Waals surface area contributed by atoms with Gasteiger partial charge in [0.1, 0.15) is 11.6 Å². The number of rotatable bonds is 4. The summed E-state index contributed by atoms with van der Waals surface area (Å²) in [6, 6.07) is 11.3. The maximum absolute atomic E-state index is 13.5. The Morgan fingerprint density at radius 3 is 2.76 bits per heavy atom. The number of methoxy groups -OCH3 is 1. The Morgan fingerprint density at radius 2 is 2.05 bits per heavy atom. The molecule has 0 heterocycles. The standard InChI is InChI=1S/C16H13ClFNO2/c1-21-12-5-2-4-11(10-12)19-16(20)9-8-13-14(17)6-3-7-15(13)18/h2-10H,1H3,(H,19,20). The van der Waals surface area contributed by atoms with Crippen molar-refractivity contribution in [1.82, 2.24) is 0 Å². The van der Waals surface area contributed by atoms with Crippen LogP contribution in [0, 0.1) is 5.82 Å². The largest absolute Gasteiger partial charge is 0.497 e. The van der Waals surface area contributed by atoms with Gasteiger partial charge in [-0.05, 0) is 30.3 Å². The summed E-state index contributed by atoms with van der Waals surface area (Å²) in [5, 5.41) is 2.90. The van der Waals surface area contributed by atoms with Gasteiger partial charge < -0.3 is 10.1 Å². The Labute approximate surface area is 127 Å². The SMILES string of the molecule is COc1cccc(NC(=O)C=Cc2c(F)cccc2Cl)c1. The molecule has 0 atom stereocenters. The fourth-order valence-electron chi connectivity index (χ4n) is 1.71. The Hall–Kier alpha value is -2.33. The molecule has 0 saturated heterocycles. The van der Waals surface area contributed by atoms with Crippen LogP contribution in [0.4, 0.5) is 10.1 Å². The number of carbonyl (C=O) groups is 1. The fourth-order valence-corrected chi connectivity index (χ4v) is 1.94. The predicted molar refractivity (Wildman–Crippen MR) is 82.1 cm³/mol. The van der Waals surface area contributed by atoms with Gasteiger partial charge in [-0.15, -0.1) is 0 Å². The lowest BCUT2D eigenvalue weighted by molar-refractivity contribution is -0.111. The number of ether oxygens (including phenoxy) is 1. The first kappa shape index (κ1) is 15.1. The second-order valence-electron chi connectivity index (χ2n) is 4.19. The van der Waals surface area contributed by atoms with E-state index in [0.717, 1.165) is 0 Å². The Balaban J connectivity index is 2.09. The molecule has 108 valence electrons. The van der Waals surface area contributed by atoms with Crippen LogP contribution in [0.3, 0.4) is 0 Å². The number of carbonyl (C=O) groups excluding carboxylic acids is 1. The average molecular weight is 306 g/mol. The van der Waals surface area contributed by atoms with Gasteiger partial charge in [0.25, 0.3) is 0 Å². The summed E-state index contributed by atoms with van der Waals surface area (Å²) in [6.45, 7) is 0. The molecular weight excluding hydrogens is 293 g/mol. The minimum Gasteiger partial charge on any atom is -0.497 e. The summed E-state index contributed by atoms with van der Waals surface area (Å²) >= 11 is 5.87. The van der Waals surface area contributed by atoms with E-state index in [2.05, 4.69) is 5.32 Å². The molecule has 2 aromatic carbocycles. The number of halogens is 2.